The first-order valence-corrected chi connectivity index (χ1v) is 6.92. The Morgan fingerprint density at radius 1 is 1.42 bits per heavy atom. The van der Waals surface area contributed by atoms with Crippen LogP contribution < -0.4 is 10.1 Å². The van der Waals surface area contributed by atoms with Crippen LogP contribution in [0.1, 0.15) is 18.4 Å². The summed E-state index contributed by atoms with van der Waals surface area (Å²) < 4.78 is 11.1. The molecule has 2 aliphatic heterocycles. The Hall–Kier alpha value is -1.55. The third-order valence-electron chi connectivity index (χ3n) is 3.74. The van der Waals surface area contributed by atoms with E-state index in [9.17, 15) is 0 Å². The molecule has 2 atom stereocenters. The number of benzene rings is 1. The minimum atomic E-state index is 0.216. The second-order valence-electron chi connectivity index (χ2n) is 5.10. The maximum absolute atomic E-state index is 5.74. The molecule has 1 aromatic rings. The van der Waals surface area contributed by atoms with Crippen molar-refractivity contribution in [3.8, 4) is 5.75 Å². The number of hydrogen-bond acceptors (Lipinski definition) is 4. The number of ether oxygens (including phenoxy) is 2. The van der Waals surface area contributed by atoms with Crippen LogP contribution in [0.15, 0.2) is 29.3 Å². The third kappa shape index (κ3) is 2.73. The van der Waals surface area contributed by atoms with Crippen molar-refractivity contribution in [3.63, 3.8) is 0 Å². The van der Waals surface area contributed by atoms with E-state index in [0.29, 0.717) is 12.6 Å². The Balaban J connectivity index is 1.67. The van der Waals surface area contributed by atoms with Gasteiger partial charge in [0.1, 0.15) is 12.4 Å². The second-order valence-corrected chi connectivity index (χ2v) is 5.10. The van der Waals surface area contributed by atoms with Crippen LogP contribution in [0.5, 0.6) is 5.75 Å². The van der Waals surface area contributed by atoms with Gasteiger partial charge in [0, 0.05) is 6.42 Å². The van der Waals surface area contributed by atoms with E-state index in [2.05, 4.69) is 11.4 Å². The molecule has 4 nitrogen and oxygen atoms in total. The summed E-state index contributed by atoms with van der Waals surface area (Å²) >= 11 is 0. The predicted molar refractivity (Wildman–Crippen MR) is 74.9 cm³/mol. The van der Waals surface area contributed by atoms with Crippen LogP contribution in [0.4, 0.5) is 0 Å². The van der Waals surface area contributed by atoms with Crippen LogP contribution in [-0.4, -0.2) is 38.2 Å². The molecule has 0 bridgehead atoms. The number of nitrogens with zero attached hydrogens (tertiary/aromatic N) is 1. The number of para-hydroxylation sites is 1. The van der Waals surface area contributed by atoms with Crippen molar-refractivity contribution in [1.29, 1.82) is 0 Å². The monoisotopic (exact) mass is 260 g/mol. The molecule has 0 aromatic heterocycles. The first kappa shape index (κ1) is 12.5. The zero-order chi connectivity index (χ0) is 13.1. The van der Waals surface area contributed by atoms with Gasteiger partial charge >= 0.3 is 0 Å². The van der Waals surface area contributed by atoms with Crippen LogP contribution in [0.25, 0.3) is 0 Å². The smallest absolute Gasteiger partial charge is 0.201 e. The molecule has 0 amide bonds. The number of rotatable bonds is 4. The third-order valence-corrected chi connectivity index (χ3v) is 3.74. The van der Waals surface area contributed by atoms with Crippen molar-refractivity contribution in [2.75, 3.05) is 20.3 Å². The zero-order valence-corrected chi connectivity index (χ0v) is 11.3. The van der Waals surface area contributed by atoms with E-state index in [4.69, 9.17) is 14.5 Å². The van der Waals surface area contributed by atoms with Crippen molar-refractivity contribution in [2.24, 2.45) is 4.99 Å². The average Bonchev–Trinajstić information content (AvgIpc) is 3.09. The van der Waals surface area contributed by atoms with E-state index in [1.807, 2.05) is 18.2 Å². The van der Waals surface area contributed by atoms with Crippen LogP contribution in [0.2, 0.25) is 0 Å². The van der Waals surface area contributed by atoms with Crippen LogP contribution in [0, 0.1) is 0 Å². The van der Waals surface area contributed by atoms with E-state index in [1.165, 1.54) is 12.0 Å². The largest absolute Gasteiger partial charge is 0.496 e. The maximum atomic E-state index is 5.74. The van der Waals surface area contributed by atoms with Gasteiger partial charge < -0.3 is 14.8 Å². The van der Waals surface area contributed by atoms with Gasteiger partial charge in [0.25, 0.3) is 0 Å². The van der Waals surface area contributed by atoms with Crippen molar-refractivity contribution < 1.29 is 9.47 Å². The Labute approximate surface area is 113 Å². The van der Waals surface area contributed by atoms with E-state index in [0.717, 1.165) is 31.0 Å². The SMILES string of the molecule is COc1ccccc1CC1COC(C2CCCN2)=N1. The molecule has 0 spiro atoms. The standard InChI is InChI=1S/C15H20N2O2/c1-18-14-7-3-2-5-11(14)9-12-10-19-15(17-12)13-6-4-8-16-13/h2-3,5,7,12-13,16H,4,6,8-10H2,1H3. The maximum Gasteiger partial charge on any atom is 0.201 e. The summed E-state index contributed by atoms with van der Waals surface area (Å²) in [7, 11) is 1.71. The van der Waals surface area contributed by atoms with Gasteiger partial charge in [0.05, 0.1) is 19.2 Å². The van der Waals surface area contributed by atoms with Gasteiger partial charge in [0.15, 0.2) is 0 Å². The van der Waals surface area contributed by atoms with Crippen LogP contribution >= 0.6 is 0 Å². The Bertz CT molecular complexity index is 467. The molecule has 0 aliphatic carbocycles. The molecule has 2 aliphatic rings. The highest BCUT2D eigenvalue weighted by Gasteiger charge is 2.28. The Kier molecular flexibility index (Phi) is 3.69. The number of methoxy groups -OCH3 is 1. The van der Waals surface area contributed by atoms with Gasteiger partial charge in [-0.05, 0) is 31.0 Å². The van der Waals surface area contributed by atoms with E-state index >= 15 is 0 Å². The zero-order valence-electron chi connectivity index (χ0n) is 11.3. The molecular weight excluding hydrogens is 240 g/mol. The Morgan fingerprint density at radius 3 is 3.11 bits per heavy atom. The lowest BCUT2D eigenvalue weighted by atomic mass is 10.1. The minimum Gasteiger partial charge on any atom is -0.496 e. The van der Waals surface area contributed by atoms with Crippen LogP contribution in [0.3, 0.4) is 0 Å². The fourth-order valence-corrected chi connectivity index (χ4v) is 2.75. The number of aliphatic imine (C=N–C) groups is 1. The first-order valence-electron chi connectivity index (χ1n) is 6.92. The minimum absolute atomic E-state index is 0.216. The lowest BCUT2D eigenvalue weighted by Crippen LogP contribution is -2.30. The first-order chi connectivity index (χ1) is 9.36. The molecule has 1 fully saturated rings. The van der Waals surface area contributed by atoms with Crippen molar-refractivity contribution in [2.45, 2.75) is 31.3 Å². The normalized spacial score (nSPS) is 26.1. The molecule has 2 heterocycles. The molecule has 19 heavy (non-hydrogen) atoms. The highest BCUT2D eigenvalue weighted by Crippen LogP contribution is 2.22. The van der Waals surface area contributed by atoms with E-state index in [1.54, 1.807) is 7.11 Å². The fourth-order valence-electron chi connectivity index (χ4n) is 2.75. The molecule has 1 aromatic carbocycles. The van der Waals surface area contributed by atoms with Crippen molar-refractivity contribution in [1.82, 2.24) is 5.32 Å². The lowest BCUT2D eigenvalue weighted by Gasteiger charge is -2.09. The summed E-state index contributed by atoms with van der Waals surface area (Å²) in [5, 5.41) is 3.43. The van der Waals surface area contributed by atoms with Gasteiger partial charge in [-0.2, -0.15) is 0 Å². The molecule has 0 saturated carbocycles. The summed E-state index contributed by atoms with van der Waals surface area (Å²) in [6.07, 6.45) is 3.23. The van der Waals surface area contributed by atoms with Gasteiger partial charge in [-0.1, -0.05) is 18.2 Å². The fraction of sp³-hybridized carbons (Fsp3) is 0.533. The highest BCUT2D eigenvalue weighted by molar-refractivity contribution is 5.83. The molecule has 0 radical (unpaired) electrons. The molecule has 1 N–H and O–H groups in total. The average molecular weight is 260 g/mol. The van der Waals surface area contributed by atoms with Gasteiger partial charge in [-0.15, -0.1) is 0 Å². The predicted octanol–water partition coefficient (Wildman–Crippen LogP) is 1.79. The molecular formula is C15H20N2O2. The van der Waals surface area contributed by atoms with Crippen LogP contribution in [-0.2, 0) is 11.2 Å². The molecule has 3 rings (SSSR count). The molecule has 4 heteroatoms. The van der Waals surface area contributed by atoms with Gasteiger partial charge in [-0.25, -0.2) is 4.99 Å². The Morgan fingerprint density at radius 2 is 2.32 bits per heavy atom. The van der Waals surface area contributed by atoms with Crippen molar-refractivity contribution in [3.05, 3.63) is 29.8 Å². The van der Waals surface area contributed by atoms with Gasteiger partial charge in [0.2, 0.25) is 5.90 Å². The number of nitrogens with one attached hydrogen (secondary N) is 1. The van der Waals surface area contributed by atoms with Gasteiger partial charge in [-0.3, -0.25) is 0 Å². The summed E-state index contributed by atoms with van der Waals surface area (Å²) in [4.78, 5) is 4.72. The second kappa shape index (κ2) is 5.61. The topological polar surface area (TPSA) is 42.9 Å². The van der Waals surface area contributed by atoms with E-state index in [-0.39, 0.29) is 6.04 Å². The summed E-state index contributed by atoms with van der Waals surface area (Å²) in [5.74, 6) is 1.84. The highest BCUT2D eigenvalue weighted by atomic mass is 16.5. The number of hydrogen-bond donors (Lipinski definition) is 1. The summed E-state index contributed by atoms with van der Waals surface area (Å²) in [5.41, 5.74) is 1.20. The van der Waals surface area contributed by atoms with Crippen molar-refractivity contribution >= 4 is 5.90 Å². The summed E-state index contributed by atoms with van der Waals surface area (Å²) in [6, 6.07) is 8.67. The quantitative estimate of drug-likeness (QED) is 0.897. The molecule has 2 unspecified atom stereocenters. The van der Waals surface area contributed by atoms with E-state index < -0.39 is 0 Å². The molecule has 1 saturated heterocycles. The molecule has 102 valence electrons. The summed E-state index contributed by atoms with van der Waals surface area (Å²) in [6.45, 7) is 1.76. The lowest BCUT2D eigenvalue weighted by molar-refractivity contribution is 0.301.